The van der Waals surface area contributed by atoms with Crippen LogP contribution in [0.15, 0.2) is 41.3 Å². The first-order chi connectivity index (χ1) is 8.72. The number of ether oxygens (including phenoxy) is 1. The zero-order chi connectivity index (χ0) is 13.0. The number of aryl methyl sites for hydroxylation is 1. The Bertz CT molecular complexity index is 528. The van der Waals surface area contributed by atoms with Gasteiger partial charge in [0.2, 0.25) is 5.88 Å². The van der Waals surface area contributed by atoms with Gasteiger partial charge in [0.15, 0.2) is 0 Å². The first-order valence-electron chi connectivity index (χ1n) is 5.57. The summed E-state index contributed by atoms with van der Waals surface area (Å²) in [7, 11) is 0. The number of thioether (sulfide) groups is 1. The van der Waals surface area contributed by atoms with Crippen molar-refractivity contribution in [2.75, 3.05) is 6.26 Å². The number of pyridine rings is 1. The Morgan fingerprint density at radius 1 is 1.17 bits per heavy atom. The van der Waals surface area contributed by atoms with Crippen LogP contribution in [-0.2, 0) is 5.88 Å². The summed E-state index contributed by atoms with van der Waals surface area (Å²) in [5.41, 5.74) is 1.94. The van der Waals surface area contributed by atoms with E-state index in [0.29, 0.717) is 11.8 Å². The molecule has 0 aliphatic rings. The van der Waals surface area contributed by atoms with Crippen molar-refractivity contribution in [2.24, 2.45) is 0 Å². The number of benzene rings is 1. The van der Waals surface area contributed by atoms with E-state index >= 15 is 0 Å². The molecule has 0 atom stereocenters. The van der Waals surface area contributed by atoms with Gasteiger partial charge in [0.05, 0.1) is 0 Å². The number of rotatable bonds is 4. The number of halogens is 1. The fourth-order valence-corrected chi connectivity index (χ4v) is 2.22. The van der Waals surface area contributed by atoms with Crippen LogP contribution in [0.4, 0.5) is 0 Å². The minimum atomic E-state index is 0.474. The summed E-state index contributed by atoms with van der Waals surface area (Å²) < 4.78 is 5.69. The molecule has 2 nitrogen and oxygen atoms in total. The van der Waals surface area contributed by atoms with Crippen molar-refractivity contribution >= 4 is 23.4 Å². The Balaban J connectivity index is 2.15. The fraction of sp³-hybridized carbons (Fsp3) is 0.214. The first kappa shape index (κ1) is 13.2. The van der Waals surface area contributed by atoms with E-state index in [0.717, 1.165) is 17.0 Å². The van der Waals surface area contributed by atoms with Gasteiger partial charge in [-0.25, -0.2) is 4.98 Å². The molecule has 0 unspecified atom stereocenters. The summed E-state index contributed by atoms with van der Waals surface area (Å²) in [5.74, 6) is 1.86. The molecule has 0 saturated heterocycles. The molecule has 0 N–H and O–H groups in total. The molecule has 0 amide bonds. The highest BCUT2D eigenvalue weighted by Gasteiger charge is 2.03. The molecule has 2 aromatic rings. The Kier molecular flexibility index (Phi) is 4.50. The predicted molar refractivity (Wildman–Crippen MR) is 76.8 cm³/mol. The largest absolute Gasteiger partial charge is 0.439 e. The lowest BCUT2D eigenvalue weighted by Crippen LogP contribution is -1.93. The van der Waals surface area contributed by atoms with Gasteiger partial charge in [-0.1, -0.05) is 6.07 Å². The lowest BCUT2D eigenvalue weighted by molar-refractivity contribution is 0.461. The topological polar surface area (TPSA) is 22.1 Å². The second kappa shape index (κ2) is 6.12. The SMILES string of the molecule is CSc1ccc(Oc2ccc(CCl)c(C)n2)cc1. The second-order valence-electron chi connectivity index (χ2n) is 3.81. The van der Waals surface area contributed by atoms with Gasteiger partial charge in [-0.3, -0.25) is 0 Å². The van der Waals surface area contributed by atoms with Gasteiger partial charge in [-0.05, 0) is 43.0 Å². The molecular formula is C14H14ClNOS. The number of hydrogen-bond acceptors (Lipinski definition) is 3. The molecule has 4 heteroatoms. The number of nitrogens with zero attached hydrogens (tertiary/aromatic N) is 1. The van der Waals surface area contributed by atoms with Crippen LogP contribution in [0.3, 0.4) is 0 Å². The van der Waals surface area contributed by atoms with Crippen molar-refractivity contribution in [3.63, 3.8) is 0 Å². The van der Waals surface area contributed by atoms with E-state index in [1.54, 1.807) is 11.8 Å². The third kappa shape index (κ3) is 3.18. The molecule has 2 rings (SSSR count). The van der Waals surface area contributed by atoms with E-state index in [1.807, 2.05) is 49.6 Å². The summed E-state index contributed by atoms with van der Waals surface area (Å²) >= 11 is 7.50. The maximum atomic E-state index is 5.79. The van der Waals surface area contributed by atoms with Crippen molar-refractivity contribution in [3.05, 3.63) is 47.7 Å². The zero-order valence-electron chi connectivity index (χ0n) is 10.3. The Morgan fingerprint density at radius 3 is 2.44 bits per heavy atom. The molecule has 0 spiro atoms. The van der Waals surface area contributed by atoms with Crippen LogP contribution in [-0.4, -0.2) is 11.2 Å². The minimum absolute atomic E-state index is 0.474. The van der Waals surface area contributed by atoms with Gasteiger partial charge in [-0.2, -0.15) is 0 Å². The van der Waals surface area contributed by atoms with E-state index in [2.05, 4.69) is 4.98 Å². The highest BCUT2D eigenvalue weighted by Crippen LogP contribution is 2.24. The zero-order valence-corrected chi connectivity index (χ0v) is 11.9. The highest BCUT2D eigenvalue weighted by atomic mass is 35.5. The summed E-state index contributed by atoms with van der Waals surface area (Å²) in [5, 5.41) is 0. The summed E-state index contributed by atoms with van der Waals surface area (Å²) in [4.78, 5) is 5.58. The molecular weight excluding hydrogens is 266 g/mol. The predicted octanol–water partition coefficient (Wildman–Crippen LogP) is 4.64. The molecule has 0 aliphatic carbocycles. The highest BCUT2D eigenvalue weighted by molar-refractivity contribution is 7.98. The van der Waals surface area contributed by atoms with Gasteiger partial charge < -0.3 is 4.74 Å². The van der Waals surface area contributed by atoms with Gasteiger partial charge in [-0.15, -0.1) is 23.4 Å². The van der Waals surface area contributed by atoms with Crippen molar-refractivity contribution in [2.45, 2.75) is 17.7 Å². The summed E-state index contributed by atoms with van der Waals surface area (Å²) in [6.45, 7) is 1.93. The Morgan fingerprint density at radius 2 is 1.89 bits per heavy atom. The van der Waals surface area contributed by atoms with Crippen molar-refractivity contribution < 1.29 is 4.74 Å². The Hall–Kier alpha value is -1.19. The van der Waals surface area contributed by atoms with Gasteiger partial charge in [0.1, 0.15) is 5.75 Å². The standard InChI is InChI=1S/C14H14ClNOS/c1-10-11(9-15)3-8-14(16-10)17-12-4-6-13(18-2)7-5-12/h3-8H,9H2,1-2H3. The van der Waals surface area contributed by atoms with Crippen LogP contribution >= 0.6 is 23.4 Å². The van der Waals surface area contributed by atoms with Crippen LogP contribution in [0.1, 0.15) is 11.3 Å². The maximum absolute atomic E-state index is 5.79. The van der Waals surface area contributed by atoms with Gasteiger partial charge in [0, 0.05) is 22.5 Å². The van der Waals surface area contributed by atoms with Crippen LogP contribution in [0, 0.1) is 6.92 Å². The molecule has 1 aromatic heterocycles. The molecule has 0 aliphatic heterocycles. The quantitative estimate of drug-likeness (QED) is 0.601. The average molecular weight is 280 g/mol. The lowest BCUT2D eigenvalue weighted by Gasteiger charge is -2.07. The number of hydrogen-bond donors (Lipinski definition) is 0. The van der Waals surface area contributed by atoms with Crippen LogP contribution in [0.2, 0.25) is 0 Å². The van der Waals surface area contributed by atoms with Crippen molar-refractivity contribution in [1.82, 2.24) is 4.98 Å². The minimum Gasteiger partial charge on any atom is -0.439 e. The van der Waals surface area contributed by atoms with Gasteiger partial charge >= 0.3 is 0 Å². The number of aromatic nitrogens is 1. The molecule has 0 fully saturated rings. The van der Waals surface area contributed by atoms with Crippen LogP contribution < -0.4 is 4.74 Å². The maximum Gasteiger partial charge on any atom is 0.219 e. The third-order valence-corrected chi connectivity index (χ3v) is 3.63. The summed E-state index contributed by atoms with van der Waals surface area (Å²) in [6, 6.07) is 11.7. The van der Waals surface area contributed by atoms with Crippen LogP contribution in [0.25, 0.3) is 0 Å². The molecule has 0 radical (unpaired) electrons. The van der Waals surface area contributed by atoms with Crippen LogP contribution in [0.5, 0.6) is 11.6 Å². The smallest absolute Gasteiger partial charge is 0.219 e. The Labute approximate surface area is 116 Å². The third-order valence-electron chi connectivity index (χ3n) is 2.60. The van der Waals surface area contributed by atoms with Crippen molar-refractivity contribution in [3.8, 4) is 11.6 Å². The fourth-order valence-electron chi connectivity index (χ4n) is 1.53. The number of alkyl halides is 1. The lowest BCUT2D eigenvalue weighted by atomic mass is 10.2. The second-order valence-corrected chi connectivity index (χ2v) is 4.95. The molecule has 0 bridgehead atoms. The van der Waals surface area contributed by atoms with E-state index in [4.69, 9.17) is 16.3 Å². The molecule has 94 valence electrons. The molecule has 1 heterocycles. The normalized spacial score (nSPS) is 10.4. The molecule has 0 saturated carbocycles. The molecule has 1 aromatic carbocycles. The monoisotopic (exact) mass is 279 g/mol. The van der Waals surface area contributed by atoms with E-state index < -0.39 is 0 Å². The average Bonchev–Trinajstić information content (AvgIpc) is 2.40. The van der Waals surface area contributed by atoms with Gasteiger partial charge in [0.25, 0.3) is 0 Å². The van der Waals surface area contributed by atoms with E-state index in [1.165, 1.54) is 4.90 Å². The molecule has 18 heavy (non-hydrogen) atoms. The van der Waals surface area contributed by atoms with E-state index in [9.17, 15) is 0 Å². The summed E-state index contributed by atoms with van der Waals surface area (Å²) in [6.07, 6.45) is 2.05. The van der Waals surface area contributed by atoms with Crippen molar-refractivity contribution in [1.29, 1.82) is 0 Å². The first-order valence-corrected chi connectivity index (χ1v) is 7.33. The van der Waals surface area contributed by atoms with E-state index in [-0.39, 0.29) is 0 Å².